The third-order valence-corrected chi connectivity index (χ3v) is 6.76. The fourth-order valence-electron chi connectivity index (χ4n) is 4.69. The summed E-state index contributed by atoms with van der Waals surface area (Å²) in [5.41, 5.74) is 2.42. The van der Waals surface area contributed by atoms with Crippen LogP contribution in [0.3, 0.4) is 0 Å². The zero-order valence-corrected chi connectivity index (χ0v) is 19.7. The molecule has 0 aliphatic carbocycles. The molecule has 1 saturated heterocycles. The second-order valence-electron chi connectivity index (χ2n) is 9.10. The maximum atomic E-state index is 14.4. The smallest absolute Gasteiger partial charge is 0.256 e. The fraction of sp³-hybridized carbons (Fsp3) is 0.269. The molecule has 184 valence electrons. The average molecular weight is 489 g/mol. The van der Waals surface area contributed by atoms with Crippen LogP contribution in [-0.2, 0) is 0 Å². The first-order valence-electron chi connectivity index (χ1n) is 11.9. The number of hydrogen-bond acceptors (Lipinski definition) is 7. The number of nitrogens with one attached hydrogen (secondary N) is 3. The van der Waals surface area contributed by atoms with Crippen molar-refractivity contribution >= 4 is 34.3 Å². The van der Waals surface area contributed by atoms with E-state index in [-0.39, 0.29) is 18.4 Å². The summed E-state index contributed by atoms with van der Waals surface area (Å²) in [5, 5.41) is 13.5. The monoisotopic (exact) mass is 488 g/mol. The summed E-state index contributed by atoms with van der Waals surface area (Å²) < 4.78 is 25.1. The second-order valence-corrected chi connectivity index (χ2v) is 9.10. The second kappa shape index (κ2) is 9.12. The van der Waals surface area contributed by atoms with E-state index < -0.39 is 5.82 Å². The fourth-order valence-corrected chi connectivity index (χ4v) is 4.69. The number of nitrogens with zero attached hydrogens (tertiary/aromatic N) is 3. The predicted octanol–water partition coefficient (Wildman–Crippen LogP) is 4.63. The van der Waals surface area contributed by atoms with E-state index in [0.717, 1.165) is 25.9 Å². The molecule has 9 nitrogen and oxygen atoms in total. The molecular weight excluding hydrogens is 463 g/mol. The molecule has 36 heavy (non-hydrogen) atoms. The number of rotatable bonds is 5. The summed E-state index contributed by atoms with van der Waals surface area (Å²) in [7, 11) is 2.15. The molecule has 1 amide bonds. The number of carbonyl (C=O) groups excluding carboxylic acids is 1. The van der Waals surface area contributed by atoms with Gasteiger partial charge in [-0.2, -0.15) is 5.10 Å². The number of piperidine rings is 1. The highest BCUT2D eigenvalue weighted by atomic mass is 19.1. The number of pyridine rings is 1. The summed E-state index contributed by atoms with van der Waals surface area (Å²) in [5.74, 6) is 1.32. The van der Waals surface area contributed by atoms with Crippen LogP contribution in [-0.4, -0.2) is 52.9 Å². The molecule has 0 unspecified atom stereocenters. The highest BCUT2D eigenvalue weighted by molar-refractivity contribution is 6.07. The van der Waals surface area contributed by atoms with Gasteiger partial charge < -0.3 is 25.0 Å². The van der Waals surface area contributed by atoms with Crippen molar-refractivity contribution < 1.29 is 18.7 Å². The van der Waals surface area contributed by atoms with Crippen LogP contribution in [0.25, 0.3) is 11.0 Å². The van der Waals surface area contributed by atoms with E-state index in [2.05, 4.69) is 37.8 Å². The maximum Gasteiger partial charge on any atom is 0.256 e. The lowest BCUT2D eigenvalue weighted by atomic mass is 9.89. The van der Waals surface area contributed by atoms with Crippen molar-refractivity contribution in [1.29, 1.82) is 0 Å². The van der Waals surface area contributed by atoms with Gasteiger partial charge in [0, 0.05) is 5.56 Å². The van der Waals surface area contributed by atoms with Crippen LogP contribution in [0.2, 0.25) is 0 Å². The highest BCUT2D eigenvalue weighted by Gasteiger charge is 2.22. The van der Waals surface area contributed by atoms with E-state index in [4.69, 9.17) is 9.47 Å². The Kier molecular flexibility index (Phi) is 5.65. The van der Waals surface area contributed by atoms with Crippen LogP contribution in [0.5, 0.6) is 11.5 Å². The molecule has 10 heteroatoms. The number of benzene rings is 2. The van der Waals surface area contributed by atoms with Gasteiger partial charge in [-0.15, -0.1) is 0 Å². The molecule has 6 rings (SSSR count). The Morgan fingerprint density at radius 1 is 1.08 bits per heavy atom. The van der Waals surface area contributed by atoms with Crippen molar-refractivity contribution in [2.75, 3.05) is 37.6 Å². The summed E-state index contributed by atoms with van der Waals surface area (Å²) in [6, 6.07) is 14.1. The summed E-state index contributed by atoms with van der Waals surface area (Å²) in [4.78, 5) is 19.7. The molecule has 0 saturated carbocycles. The van der Waals surface area contributed by atoms with Gasteiger partial charge in [0.1, 0.15) is 11.5 Å². The van der Waals surface area contributed by atoms with Crippen molar-refractivity contribution in [3.05, 3.63) is 65.5 Å². The molecular formula is C26H25FN6O3. The molecule has 0 spiro atoms. The Morgan fingerprint density at radius 2 is 1.89 bits per heavy atom. The Bertz CT molecular complexity index is 1430. The standard InChI is InChI=1S/C26H25FN6O3/c1-33-12-10-16(11-13-33)15-2-4-17(5-3-15)26(34)30-25-18-6-9-21(29-24(18)31-32-25)28-22-19(27)7-8-20-23(22)36-14-35-20/h2-9,16H,10-14H2,1H3,(H3,28,29,30,31,32,34). The molecule has 2 aromatic heterocycles. The van der Waals surface area contributed by atoms with Crippen molar-refractivity contribution in [1.82, 2.24) is 20.1 Å². The molecule has 4 aromatic rings. The maximum absolute atomic E-state index is 14.4. The molecule has 3 N–H and O–H groups in total. The number of halogens is 1. The number of anilines is 3. The van der Waals surface area contributed by atoms with Gasteiger partial charge in [-0.1, -0.05) is 12.1 Å². The molecule has 1 fully saturated rings. The van der Waals surface area contributed by atoms with E-state index in [1.54, 1.807) is 12.1 Å². The minimum absolute atomic E-state index is 0.0322. The summed E-state index contributed by atoms with van der Waals surface area (Å²) in [6.07, 6.45) is 2.26. The van der Waals surface area contributed by atoms with Gasteiger partial charge in [0.2, 0.25) is 6.79 Å². The lowest BCUT2D eigenvalue weighted by Crippen LogP contribution is -2.29. The van der Waals surface area contributed by atoms with Crippen LogP contribution < -0.4 is 20.1 Å². The molecule has 0 bridgehead atoms. The van der Waals surface area contributed by atoms with Crippen molar-refractivity contribution in [2.45, 2.75) is 18.8 Å². The molecule has 0 radical (unpaired) electrons. The van der Waals surface area contributed by atoms with Crippen LogP contribution in [0.15, 0.2) is 48.5 Å². The van der Waals surface area contributed by atoms with Gasteiger partial charge in [-0.05, 0) is 80.9 Å². The van der Waals surface area contributed by atoms with E-state index in [0.29, 0.717) is 45.6 Å². The van der Waals surface area contributed by atoms with Gasteiger partial charge in [-0.25, -0.2) is 9.37 Å². The van der Waals surface area contributed by atoms with E-state index in [1.165, 1.54) is 17.7 Å². The Balaban J connectivity index is 1.16. The van der Waals surface area contributed by atoms with Crippen molar-refractivity contribution in [3.63, 3.8) is 0 Å². The van der Waals surface area contributed by atoms with E-state index in [9.17, 15) is 9.18 Å². The number of aromatic nitrogens is 3. The number of fused-ring (bicyclic) bond motifs is 2. The number of ether oxygens (including phenoxy) is 2. The lowest BCUT2D eigenvalue weighted by molar-refractivity contribution is 0.102. The van der Waals surface area contributed by atoms with Crippen LogP contribution in [0.4, 0.5) is 21.7 Å². The van der Waals surface area contributed by atoms with Crippen molar-refractivity contribution in [3.8, 4) is 11.5 Å². The minimum Gasteiger partial charge on any atom is -0.454 e. The highest BCUT2D eigenvalue weighted by Crippen LogP contribution is 2.42. The average Bonchev–Trinajstić information content (AvgIpc) is 3.53. The van der Waals surface area contributed by atoms with Crippen LogP contribution in [0, 0.1) is 5.82 Å². The Hall–Kier alpha value is -4.18. The minimum atomic E-state index is -0.486. The first-order valence-corrected chi connectivity index (χ1v) is 11.9. The van der Waals surface area contributed by atoms with Crippen LogP contribution in [0.1, 0.15) is 34.7 Å². The van der Waals surface area contributed by atoms with Gasteiger partial charge >= 0.3 is 0 Å². The molecule has 0 atom stereocenters. The molecule has 2 aliphatic heterocycles. The zero-order chi connectivity index (χ0) is 24.6. The largest absolute Gasteiger partial charge is 0.454 e. The SMILES string of the molecule is CN1CCC(c2ccc(C(=O)Nc3n[nH]c4nc(Nc5c(F)ccc6c5OCO6)ccc34)cc2)CC1. The predicted molar refractivity (Wildman–Crippen MR) is 134 cm³/mol. The van der Waals surface area contributed by atoms with Crippen LogP contribution >= 0.6 is 0 Å². The van der Waals surface area contributed by atoms with Gasteiger partial charge in [0.15, 0.2) is 28.8 Å². The van der Waals surface area contributed by atoms with Gasteiger partial charge in [0.25, 0.3) is 5.91 Å². The lowest BCUT2D eigenvalue weighted by Gasteiger charge is -2.29. The van der Waals surface area contributed by atoms with E-state index >= 15 is 0 Å². The number of amides is 1. The third kappa shape index (κ3) is 4.20. The number of carbonyl (C=O) groups is 1. The van der Waals surface area contributed by atoms with Crippen molar-refractivity contribution in [2.24, 2.45) is 0 Å². The molecule has 4 heterocycles. The normalized spacial score (nSPS) is 15.8. The first-order chi connectivity index (χ1) is 17.5. The molecule has 2 aliphatic rings. The topological polar surface area (TPSA) is 104 Å². The first kappa shape index (κ1) is 22.3. The van der Waals surface area contributed by atoms with Gasteiger partial charge in [-0.3, -0.25) is 9.89 Å². The quantitative estimate of drug-likeness (QED) is 0.376. The summed E-state index contributed by atoms with van der Waals surface area (Å²) in [6.45, 7) is 2.22. The molecule has 2 aromatic carbocycles. The Morgan fingerprint density at radius 3 is 2.69 bits per heavy atom. The number of aromatic amines is 1. The van der Waals surface area contributed by atoms with Gasteiger partial charge in [0.05, 0.1) is 5.39 Å². The summed E-state index contributed by atoms with van der Waals surface area (Å²) >= 11 is 0. The number of likely N-dealkylation sites (tertiary alicyclic amines) is 1. The zero-order valence-electron chi connectivity index (χ0n) is 19.7. The Labute approximate surface area is 206 Å². The number of hydrogen-bond donors (Lipinski definition) is 3. The third-order valence-electron chi connectivity index (χ3n) is 6.76. The number of H-pyrrole nitrogens is 1. The van der Waals surface area contributed by atoms with E-state index in [1.807, 2.05) is 24.3 Å².